The van der Waals surface area contributed by atoms with Crippen LogP contribution < -0.4 is 5.32 Å². The second-order valence-corrected chi connectivity index (χ2v) is 2.79. The molecule has 4 nitrogen and oxygen atoms in total. The minimum absolute atomic E-state index is 0.573. The average molecular weight is 153 g/mol. The highest BCUT2D eigenvalue weighted by Gasteiger charge is 2.22. The Morgan fingerprint density at radius 3 is 3.00 bits per heavy atom. The highest BCUT2D eigenvalue weighted by atomic mass is 16.5. The van der Waals surface area contributed by atoms with E-state index < -0.39 is 0 Å². The number of rotatable bonds is 3. The molecule has 1 N–H and O–H groups in total. The lowest BCUT2D eigenvalue weighted by atomic mass is 10.5. The molecular weight excluding hydrogens is 142 g/mol. The largest absolute Gasteiger partial charge is 0.335 e. The molecule has 11 heavy (non-hydrogen) atoms. The molecule has 60 valence electrons. The Balaban J connectivity index is 1.99. The van der Waals surface area contributed by atoms with Gasteiger partial charge in [-0.15, -0.1) is 0 Å². The van der Waals surface area contributed by atoms with Gasteiger partial charge in [0.1, 0.15) is 0 Å². The summed E-state index contributed by atoms with van der Waals surface area (Å²) in [6.45, 7) is 2.01. The van der Waals surface area contributed by atoms with E-state index in [-0.39, 0.29) is 0 Å². The van der Waals surface area contributed by atoms with Crippen molar-refractivity contribution in [2.45, 2.75) is 32.2 Å². The van der Waals surface area contributed by atoms with Gasteiger partial charge in [0.2, 0.25) is 0 Å². The van der Waals surface area contributed by atoms with Crippen LogP contribution in [-0.2, 0) is 6.42 Å². The van der Waals surface area contributed by atoms with Crippen LogP contribution in [0.3, 0.4) is 0 Å². The maximum Gasteiger partial charge on any atom is 0.321 e. The summed E-state index contributed by atoms with van der Waals surface area (Å²) in [5.41, 5.74) is 0. The molecule has 1 aromatic heterocycles. The zero-order chi connectivity index (χ0) is 7.68. The molecule has 2 rings (SSSR count). The van der Waals surface area contributed by atoms with E-state index in [0.29, 0.717) is 12.1 Å². The Morgan fingerprint density at radius 1 is 1.64 bits per heavy atom. The molecule has 1 saturated carbocycles. The summed E-state index contributed by atoms with van der Waals surface area (Å²) in [5.74, 6) is 0.771. The third kappa shape index (κ3) is 1.50. The molecule has 0 spiro atoms. The summed E-state index contributed by atoms with van der Waals surface area (Å²) in [5, 5.41) is 6.90. The summed E-state index contributed by atoms with van der Waals surface area (Å²) in [7, 11) is 0. The lowest BCUT2D eigenvalue weighted by Crippen LogP contribution is -2.00. The van der Waals surface area contributed by atoms with Gasteiger partial charge in [-0.1, -0.05) is 12.1 Å². The monoisotopic (exact) mass is 153 g/mol. The summed E-state index contributed by atoms with van der Waals surface area (Å²) in [4.78, 5) is 4.12. The molecule has 1 fully saturated rings. The van der Waals surface area contributed by atoms with E-state index >= 15 is 0 Å². The van der Waals surface area contributed by atoms with Gasteiger partial charge in [0.15, 0.2) is 5.82 Å². The van der Waals surface area contributed by atoms with Crippen LogP contribution in [0.4, 0.5) is 6.01 Å². The van der Waals surface area contributed by atoms with E-state index in [0.717, 1.165) is 12.2 Å². The molecule has 0 unspecified atom stereocenters. The fourth-order valence-corrected chi connectivity index (χ4v) is 0.858. The van der Waals surface area contributed by atoms with Gasteiger partial charge < -0.3 is 9.84 Å². The number of anilines is 1. The van der Waals surface area contributed by atoms with Gasteiger partial charge in [-0.3, -0.25) is 0 Å². The van der Waals surface area contributed by atoms with Gasteiger partial charge in [-0.05, 0) is 12.8 Å². The number of nitrogens with zero attached hydrogens (tertiary/aromatic N) is 2. The van der Waals surface area contributed by atoms with E-state index in [1.807, 2.05) is 6.92 Å². The topological polar surface area (TPSA) is 51.0 Å². The number of aryl methyl sites for hydroxylation is 1. The van der Waals surface area contributed by atoms with Crippen LogP contribution in [0.15, 0.2) is 4.52 Å². The molecule has 0 saturated heterocycles. The van der Waals surface area contributed by atoms with Crippen molar-refractivity contribution in [3.8, 4) is 0 Å². The van der Waals surface area contributed by atoms with Crippen molar-refractivity contribution in [1.82, 2.24) is 10.1 Å². The normalized spacial score (nSPS) is 16.8. The molecular formula is C7H11N3O. The summed E-state index contributed by atoms with van der Waals surface area (Å²) in [6, 6.07) is 1.16. The molecule has 1 aromatic rings. The molecule has 0 aromatic carbocycles. The number of aromatic nitrogens is 2. The van der Waals surface area contributed by atoms with Crippen molar-refractivity contribution in [3.63, 3.8) is 0 Å². The lowest BCUT2D eigenvalue weighted by molar-refractivity contribution is 0.423. The molecule has 0 bridgehead atoms. The number of hydrogen-bond donors (Lipinski definition) is 1. The second kappa shape index (κ2) is 2.53. The minimum atomic E-state index is 0.573. The predicted octanol–water partition coefficient (Wildman–Crippen LogP) is 1.21. The molecule has 1 aliphatic rings. The third-order valence-electron chi connectivity index (χ3n) is 1.69. The van der Waals surface area contributed by atoms with E-state index in [1.165, 1.54) is 12.8 Å². The first-order chi connectivity index (χ1) is 5.38. The molecule has 1 aliphatic carbocycles. The zero-order valence-corrected chi connectivity index (χ0v) is 6.50. The van der Waals surface area contributed by atoms with Gasteiger partial charge in [0.05, 0.1) is 0 Å². The standard InChI is InChI=1S/C7H11N3O/c1-2-6-9-7(11-10-6)8-5-3-4-5/h5H,2-4H2,1H3,(H,8,9,10). The molecule has 0 amide bonds. The third-order valence-corrected chi connectivity index (χ3v) is 1.69. The zero-order valence-electron chi connectivity index (χ0n) is 6.50. The smallest absolute Gasteiger partial charge is 0.321 e. The van der Waals surface area contributed by atoms with Crippen LogP contribution in [0, 0.1) is 0 Å². The van der Waals surface area contributed by atoms with E-state index in [4.69, 9.17) is 4.52 Å². The first kappa shape index (κ1) is 6.64. The summed E-state index contributed by atoms with van der Waals surface area (Å²) < 4.78 is 4.93. The summed E-state index contributed by atoms with van der Waals surface area (Å²) >= 11 is 0. The maximum absolute atomic E-state index is 4.93. The summed E-state index contributed by atoms with van der Waals surface area (Å²) in [6.07, 6.45) is 3.28. The van der Waals surface area contributed by atoms with Crippen LogP contribution in [0.1, 0.15) is 25.6 Å². The Morgan fingerprint density at radius 2 is 2.45 bits per heavy atom. The maximum atomic E-state index is 4.93. The van der Waals surface area contributed by atoms with Gasteiger partial charge in [0, 0.05) is 12.5 Å². The molecule has 1 heterocycles. The number of nitrogens with one attached hydrogen (secondary N) is 1. The molecule has 4 heteroatoms. The lowest BCUT2D eigenvalue weighted by Gasteiger charge is -1.92. The van der Waals surface area contributed by atoms with Crippen molar-refractivity contribution in [2.75, 3.05) is 5.32 Å². The van der Waals surface area contributed by atoms with E-state index in [9.17, 15) is 0 Å². The van der Waals surface area contributed by atoms with Crippen molar-refractivity contribution in [1.29, 1.82) is 0 Å². The first-order valence-electron chi connectivity index (χ1n) is 3.97. The highest BCUT2D eigenvalue weighted by Crippen LogP contribution is 2.23. The van der Waals surface area contributed by atoms with E-state index in [2.05, 4.69) is 15.5 Å². The van der Waals surface area contributed by atoms with Crippen LogP contribution >= 0.6 is 0 Å². The molecule has 0 atom stereocenters. The molecule has 0 radical (unpaired) electrons. The van der Waals surface area contributed by atoms with Gasteiger partial charge in [-0.2, -0.15) is 4.98 Å². The first-order valence-corrected chi connectivity index (χ1v) is 3.97. The predicted molar refractivity (Wildman–Crippen MR) is 40.3 cm³/mol. The minimum Gasteiger partial charge on any atom is -0.335 e. The van der Waals surface area contributed by atoms with Crippen LogP contribution in [-0.4, -0.2) is 16.2 Å². The SMILES string of the molecule is CCc1noc(NC2CC2)n1. The van der Waals surface area contributed by atoms with Crippen molar-refractivity contribution in [2.24, 2.45) is 0 Å². The number of hydrogen-bond acceptors (Lipinski definition) is 4. The van der Waals surface area contributed by atoms with Crippen LogP contribution in [0.2, 0.25) is 0 Å². The molecule has 0 aliphatic heterocycles. The Kier molecular flexibility index (Phi) is 1.52. The Bertz CT molecular complexity index is 242. The quantitative estimate of drug-likeness (QED) is 0.709. The Hall–Kier alpha value is -1.06. The van der Waals surface area contributed by atoms with Crippen molar-refractivity contribution < 1.29 is 4.52 Å². The van der Waals surface area contributed by atoms with Crippen LogP contribution in [0.25, 0.3) is 0 Å². The highest BCUT2D eigenvalue weighted by molar-refractivity contribution is 5.23. The van der Waals surface area contributed by atoms with Gasteiger partial charge in [-0.25, -0.2) is 0 Å². The average Bonchev–Trinajstić information content (AvgIpc) is 2.68. The Labute approximate surface area is 65.0 Å². The fraction of sp³-hybridized carbons (Fsp3) is 0.714. The van der Waals surface area contributed by atoms with E-state index in [1.54, 1.807) is 0 Å². The van der Waals surface area contributed by atoms with Crippen molar-refractivity contribution in [3.05, 3.63) is 5.82 Å². The van der Waals surface area contributed by atoms with Gasteiger partial charge in [0.25, 0.3) is 0 Å². The van der Waals surface area contributed by atoms with Crippen LogP contribution in [0.5, 0.6) is 0 Å². The van der Waals surface area contributed by atoms with Crippen molar-refractivity contribution >= 4 is 6.01 Å². The van der Waals surface area contributed by atoms with Gasteiger partial charge >= 0.3 is 6.01 Å². The second-order valence-electron chi connectivity index (χ2n) is 2.79. The fourth-order valence-electron chi connectivity index (χ4n) is 0.858.